The normalized spacial score (nSPS) is 21.2. The summed E-state index contributed by atoms with van der Waals surface area (Å²) in [5, 5.41) is 12.2. The summed E-state index contributed by atoms with van der Waals surface area (Å²) in [4.78, 5) is 25.7. The molecule has 0 bridgehead atoms. The topological polar surface area (TPSA) is 78.9 Å². The van der Waals surface area contributed by atoms with Gasteiger partial charge in [0.25, 0.3) is 0 Å². The molecule has 7 heteroatoms. The van der Waals surface area contributed by atoms with Crippen LogP contribution in [0, 0.1) is 5.82 Å². The predicted molar refractivity (Wildman–Crippen MR) is 82.4 cm³/mol. The summed E-state index contributed by atoms with van der Waals surface area (Å²) in [6, 6.07) is 4.85. The van der Waals surface area contributed by atoms with Crippen molar-refractivity contribution in [3.8, 4) is 0 Å². The van der Waals surface area contributed by atoms with E-state index in [1.807, 2.05) is 0 Å². The maximum absolute atomic E-state index is 13.6. The molecule has 1 aliphatic heterocycles. The van der Waals surface area contributed by atoms with Crippen LogP contribution >= 0.6 is 0 Å². The van der Waals surface area contributed by atoms with Gasteiger partial charge >= 0.3 is 6.09 Å². The van der Waals surface area contributed by atoms with E-state index in [1.54, 1.807) is 26.8 Å². The minimum Gasteiger partial charge on any atom is -0.444 e. The molecule has 2 N–H and O–H groups in total. The lowest BCUT2D eigenvalue weighted by atomic mass is 10.1. The van der Waals surface area contributed by atoms with Crippen molar-refractivity contribution in [3.63, 3.8) is 0 Å². The lowest BCUT2D eigenvalue weighted by Crippen LogP contribution is -2.45. The van der Waals surface area contributed by atoms with Crippen molar-refractivity contribution in [2.75, 3.05) is 11.9 Å². The molecule has 1 saturated heterocycles. The van der Waals surface area contributed by atoms with E-state index in [-0.39, 0.29) is 18.7 Å². The molecule has 0 aliphatic carbocycles. The number of hydrogen-bond acceptors (Lipinski definition) is 4. The Hall–Kier alpha value is -2.15. The van der Waals surface area contributed by atoms with Gasteiger partial charge in [0, 0.05) is 6.42 Å². The smallest absolute Gasteiger partial charge is 0.411 e. The van der Waals surface area contributed by atoms with E-state index in [9.17, 15) is 19.1 Å². The lowest BCUT2D eigenvalue weighted by molar-refractivity contribution is -0.120. The van der Waals surface area contributed by atoms with Gasteiger partial charge < -0.3 is 15.2 Å². The number of β-amino-alcohol motifs (C(OH)–C–C–N with tert-alkyl or cyclic N) is 1. The number of aliphatic hydroxyl groups is 1. The van der Waals surface area contributed by atoms with Crippen LogP contribution < -0.4 is 5.32 Å². The van der Waals surface area contributed by atoms with Crippen molar-refractivity contribution in [2.24, 2.45) is 0 Å². The van der Waals surface area contributed by atoms with Crippen molar-refractivity contribution >= 4 is 17.7 Å². The summed E-state index contributed by atoms with van der Waals surface area (Å²) < 4.78 is 18.9. The van der Waals surface area contributed by atoms with Gasteiger partial charge in [-0.1, -0.05) is 12.1 Å². The second-order valence-electron chi connectivity index (χ2n) is 6.51. The second-order valence-corrected chi connectivity index (χ2v) is 6.51. The molecule has 126 valence electrons. The molecule has 0 saturated carbocycles. The molecule has 1 heterocycles. The van der Waals surface area contributed by atoms with Crippen LogP contribution in [0.25, 0.3) is 0 Å². The van der Waals surface area contributed by atoms with Crippen molar-refractivity contribution in [3.05, 3.63) is 30.1 Å². The van der Waals surface area contributed by atoms with Crippen LogP contribution in [0.1, 0.15) is 27.2 Å². The summed E-state index contributed by atoms with van der Waals surface area (Å²) >= 11 is 0. The summed E-state index contributed by atoms with van der Waals surface area (Å²) in [6.07, 6.45) is -1.42. The van der Waals surface area contributed by atoms with Gasteiger partial charge in [0.2, 0.25) is 5.91 Å². The van der Waals surface area contributed by atoms with Crippen LogP contribution in [0.4, 0.5) is 14.9 Å². The van der Waals surface area contributed by atoms with Gasteiger partial charge in [0.15, 0.2) is 0 Å². The molecular formula is C16H21FN2O4. The third-order valence-corrected chi connectivity index (χ3v) is 3.34. The van der Waals surface area contributed by atoms with E-state index in [1.165, 1.54) is 23.1 Å². The average Bonchev–Trinajstić information content (AvgIpc) is 2.82. The maximum Gasteiger partial charge on any atom is 0.411 e. The largest absolute Gasteiger partial charge is 0.444 e. The number of carbonyl (C=O) groups excluding carboxylic acids is 2. The number of para-hydroxylation sites is 1. The van der Waals surface area contributed by atoms with Gasteiger partial charge in [-0.3, -0.25) is 9.69 Å². The van der Waals surface area contributed by atoms with Gasteiger partial charge in [-0.05, 0) is 32.9 Å². The number of anilines is 1. The van der Waals surface area contributed by atoms with Crippen LogP contribution in [0.2, 0.25) is 0 Å². The Morgan fingerprint density at radius 1 is 1.35 bits per heavy atom. The first-order chi connectivity index (χ1) is 10.7. The molecule has 1 fully saturated rings. The standard InChI is InChI=1S/C16H21FN2O4/c1-16(2,3)23-15(22)19-9-10(20)8-13(19)14(21)18-12-7-5-4-6-11(12)17/h4-7,10,13,20H,8-9H2,1-3H3,(H,18,21)/t10?,13-/m0/s1. The second kappa shape index (κ2) is 6.54. The molecule has 6 nitrogen and oxygen atoms in total. The average molecular weight is 324 g/mol. The Balaban J connectivity index is 2.11. The Labute approximate surface area is 134 Å². The van der Waals surface area contributed by atoms with Gasteiger partial charge in [-0.2, -0.15) is 0 Å². The van der Waals surface area contributed by atoms with Crippen LogP contribution in [-0.4, -0.2) is 46.3 Å². The van der Waals surface area contributed by atoms with E-state index >= 15 is 0 Å². The fourth-order valence-corrected chi connectivity index (χ4v) is 2.36. The predicted octanol–water partition coefficient (Wildman–Crippen LogP) is 2.13. The van der Waals surface area contributed by atoms with E-state index in [2.05, 4.69) is 5.32 Å². The Bertz CT molecular complexity index is 600. The zero-order valence-electron chi connectivity index (χ0n) is 13.4. The number of likely N-dealkylation sites (tertiary alicyclic amines) is 1. The van der Waals surface area contributed by atoms with E-state index in [4.69, 9.17) is 4.74 Å². The number of rotatable bonds is 2. The van der Waals surface area contributed by atoms with Crippen LogP contribution in [-0.2, 0) is 9.53 Å². The molecule has 2 rings (SSSR count). The van der Waals surface area contributed by atoms with Crippen LogP contribution in [0.5, 0.6) is 0 Å². The summed E-state index contributed by atoms with van der Waals surface area (Å²) in [5.41, 5.74) is -0.681. The number of ether oxygens (including phenoxy) is 1. The van der Waals surface area contributed by atoms with Gasteiger partial charge in [0.05, 0.1) is 18.3 Å². The highest BCUT2D eigenvalue weighted by Gasteiger charge is 2.41. The Morgan fingerprint density at radius 2 is 2.00 bits per heavy atom. The molecule has 2 atom stereocenters. The zero-order valence-corrected chi connectivity index (χ0v) is 13.4. The highest BCUT2D eigenvalue weighted by molar-refractivity contribution is 5.97. The molecule has 1 aromatic carbocycles. The third-order valence-electron chi connectivity index (χ3n) is 3.34. The Morgan fingerprint density at radius 3 is 2.61 bits per heavy atom. The first-order valence-corrected chi connectivity index (χ1v) is 7.40. The zero-order chi connectivity index (χ0) is 17.2. The van der Waals surface area contributed by atoms with E-state index in [0.717, 1.165) is 0 Å². The number of nitrogens with one attached hydrogen (secondary N) is 1. The maximum atomic E-state index is 13.6. The van der Waals surface area contributed by atoms with Crippen molar-refractivity contribution in [2.45, 2.75) is 44.9 Å². The van der Waals surface area contributed by atoms with E-state index in [0.29, 0.717) is 0 Å². The SMILES string of the molecule is CC(C)(C)OC(=O)N1CC(O)C[C@H]1C(=O)Nc1ccccc1F. The van der Waals surface area contributed by atoms with Gasteiger partial charge in [-0.25, -0.2) is 9.18 Å². The Kier molecular flexibility index (Phi) is 4.89. The molecule has 0 radical (unpaired) electrons. The number of carbonyl (C=O) groups is 2. The van der Waals surface area contributed by atoms with Crippen molar-refractivity contribution in [1.82, 2.24) is 4.90 Å². The van der Waals surface area contributed by atoms with Gasteiger partial charge in [-0.15, -0.1) is 0 Å². The number of aliphatic hydroxyl groups excluding tert-OH is 1. The fourth-order valence-electron chi connectivity index (χ4n) is 2.36. The highest BCUT2D eigenvalue weighted by atomic mass is 19.1. The fraction of sp³-hybridized carbons (Fsp3) is 0.500. The quantitative estimate of drug-likeness (QED) is 0.873. The highest BCUT2D eigenvalue weighted by Crippen LogP contribution is 2.23. The van der Waals surface area contributed by atoms with Crippen molar-refractivity contribution in [1.29, 1.82) is 0 Å². The minimum atomic E-state index is -0.903. The van der Waals surface area contributed by atoms with Gasteiger partial charge in [0.1, 0.15) is 17.5 Å². The molecule has 1 aliphatic rings. The number of hydrogen-bond donors (Lipinski definition) is 2. The van der Waals surface area contributed by atoms with E-state index < -0.39 is 35.6 Å². The number of benzene rings is 1. The number of amides is 2. The molecule has 0 aromatic heterocycles. The van der Waals surface area contributed by atoms with Crippen LogP contribution in [0.15, 0.2) is 24.3 Å². The minimum absolute atomic E-state index is 0.00424. The summed E-state index contributed by atoms with van der Waals surface area (Å²) in [6.45, 7) is 5.15. The molecular weight excluding hydrogens is 303 g/mol. The number of nitrogens with zero attached hydrogens (tertiary/aromatic N) is 1. The number of halogens is 1. The third kappa shape index (κ3) is 4.41. The van der Waals surface area contributed by atoms with Crippen molar-refractivity contribution < 1.29 is 23.8 Å². The first-order valence-electron chi connectivity index (χ1n) is 7.40. The monoisotopic (exact) mass is 324 g/mol. The molecule has 2 amide bonds. The molecule has 23 heavy (non-hydrogen) atoms. The van der Waals surface area contributed by atoms with Crippen LogP contribution in [0.3, 0.4) is 0 Å². The molecule has 1 unspecified atom stereocenters. The molecule has 1 aromatic rings. The lowest BCUT2D eigenvalue weighted by Gasteiger charge is -2.27. The summed E-state index contributed by atoms with van der Waals surface area (Å²) in [5.74, 6) is -1.12. The molecule has 0 spiro atoms. The summed E-state index contributed by atoms with van der Waals surface area (Å²) in [7, 11) is 0. The first kappa shape index (κ1) is 17.2.